The highest BCUT2D eigenvalue weighted by atomic mass is 16.1. The molecule has 0 atom stereocenters. The van der Waals surface area contributed by atoms with Crippen LogP contribution in [0, 0.1) is 11.3 Å². The summed E-state index contributed by atoms with van der Waals surface area (Å²) in [6.45, 7) is 6.17. The van der Waals surface area contributed by atoms with Gasteiger partial charge in [0.05, 0.1) is 0 Å². The van der Waals surface area contributed by atoms with Gasteiger partial charge in [0.1, 0.15) is 11.6 Å². The van der Waals surface area contributed by atoms with Gasteiger partial charge in [0.25, 0.3) is 5.91 Å². The SMILES string of the molecule is CCN(CC)c1ccc(N/C=C(/C#N)C(=O)NC2CCCC2)cc1. The van der Waals surface area contributed by atoms with Gasteiger partial charge in [-0.2, -0.15) is 5.26 Å². The quantitative estimate of drug-likeness (QED) is 0.595. The van der Waals surface area contributed by atoms with Crippen molar-refractivity contribution >= 4 is 17.3 Å². The van der Waals surface area contributed by atoms with E-state index in [4.69, 9.17) is 0 Å². The molecule has 128 valence electrons. The van der Waals surface area contributed by atoms with Crippen LogP contribution in [0.1, 0.15) is 39.5 Å². The summed E-state index contributed by atoms with van der Waals surface area (Å²) in [5.74, 6) is -0.295. The summed E-state index contributed by atoms with van der Waals surface area (Å²) in [6.07, 6.45) is 5.79. The number of amides is 1. The first-order chi connectivity index (χ1) is 11.7. The van der Waals surface area contributed by atoms with Crippen LogP contribution in [0.25, 0.3) is 0 Å². The van der Waals surface area contributed by atoms with E-state index in [9.17, 15) is 10.1 Å². The van der Waals surface area contributed by atoms with E-state index >= 15 is 0 Å². The number of anilines is 2. The number of hydrogen-bond donors (Lipinski definition) is 2. The lowest BCUT2D eigenvalue weighted by Crippen LogP contribution is -2.33. The lowest BCUT2D eigenvalue weighted by atomic mass is 10.2. The van der Waals surface area contributed by atoms with E-state index in [0.29, 0.717) is 0 Å². The number of rotatable bonds is 7. The molecule has 5 heteroatoms. The molecular formula is C19H26N4O. The van der Waals surface area contributed by atoms with Crippen molar-refractivity contribution in [2.45, 2.75) is 45.6 Å². The Kier molecular flexibility index (Phi) is 6.68. The van der Waals surface area contributed by atoms with Crippen LogP contribution in [0.2, 0.25) is 0 Å². The summed E-state index contributed by atoms with van der Waals surface area (Å²) in [5.41, 5.74) is 2.12. The van der Waals surface area contributed by atoms with Crippen LogP contribution in [0.15, 0.2) is 36.0 Å². The third kappa shape index (κ3) is 4.76. The van der Waals surface area contributed by atoms with E-state index in [-0.39, 0.29) is 17.5 Å². The zero-order chi connectivity index (χ0) is 17.4. The summed E-state index contributed by atoms with van der Waals surface area (Å²) < 4.78 is 0. The summed E-state index contributed by atoms with van der Waals surface area (Å²) in [6, 6.07) is 10.2. The third-order valence-electron chi connectivity index (χ3n) is 4.43. The van der Waals surface area contributed by atoms with Crippen molar-refractivity contribution in [2.24, 2.45) is 0 Å². The Morgan fingerprint density at radius 2 is 1.88 bits per heavy atom. The number of nitriles is 1. The first-order valence-electron chi connectivity index (χ1n) is 8.70. The van der Waals surface area contributed by atoms with Gasteiger partial charge in [-0.3, -0.25) is 4.79 Å². The second-order valence-electron chi connectivity index (χ2n) is 5.99. The summed E-state index contributed by atoms with van der Waals surface area (Å²) in [5, 5.41) is 15.2. The minimum atomic E-state index is -0.295. The van der Waals surface area contributed by atoms with Crippen molar-refractivity contribution < 1.29 is 4.79 Å². The van der Waals surface area contributed by atoms with Gasteiger partial charge >= 0.3 is 0 Å². The maximum Gasteiger partial charge on any atom is 0.263 e. The molecular weight excluding hydrogens is 300 g/mol. The molecule has 24 heavy (non-hydrogen) atoms. The van der Waals surface area contributed by atoms with Crippen LogP contribution in [-0.4, -0.2) is 25.0 Å². The Morgan fingerprint density at radius 3 is 2.42 bits per heavy atom. The predicted molar refractivity (Wildman–Crippen MR) is 97.7 cm³/mol. The fraction of sp³-hybridized carbons (Fsp3) is 0.474. The van der Waals surface area contributed by atoms with Gasteiger partial charge in [-0.1, -0.05) is 12.8 Å². The van der Waals surface area contributed by atoms with E-state index in [0.717, 1.165) is 50.1 Å². The highest BCUT2D eigenvalue weighted by Crippen LogP contribution is 2.19. The minimum Gasteiger partial charge on any atom is -0.372 e. The van der Waals surface area contributed by atoms with E-state index < -0.39 is 0 Å². The molecule has 5 nitrogen and oxygen atoms in total. The maximum atomic E-state index is 12.1. The minimum absolute atomic E-state index is 0.106. The molecule has 0 aliphatic heterocycles. The molecule has 0 saturated heterocycles. The highest BCUT2D eigenvalue weighted by molar-refractivity contribution is 5.97. The molecule has 1 amide bonds. The third-order valence-corrected chi connectivity index (χ3v) is 4.43. The number of hydrogen-bond acceptors (Lipinski definition) is 4. The van der Waals surface area contributed by atoms with Gasteiger partial charge in [0.15, 0.2) is 0 Å². The van der Waals surface area contributed by atoms with E-state index in [1.807, 2.05) is 30.3 Å². The second-order valence-corrected chi connectivity index (χ2v) is 5.99. The number of nitrogens with one attached hydrogen (secondary N) is 2. The molecule has 1 aromatic carbocycles. The zero-order valence-electron chi connectivity index (χ0n) is 14.5. The number of nitrogens with zero attached hydrogens (tertiary/aromatic N) is 2. The maximum absolute atomic E-state index is 12.1. The summed E-state index contributed by atoms with van der Waals surface area (Å²) >= 11 is 0. The molecule has 1 fully saturated rings. The monoisotopic (exact) mass is 326 g/mol. The van der Waals surface area contributed by atoms with Gasteiger partial charge in [-0.05, 0) is 51.0 Å². The number of carbonyl (C=O) groups excluding carboxylic acids is 1. The van der Waals surface area contributed by atoms with Gasteiger partial charge in [0, 0.05) is 36.7 Å². The average Bonchev–Trinajstić information content (AvgIpc) is 3.10. The van der Waals surface area contributed by atoms with Gasteiger partial charge in [0.2, 0.25) is 0 Å². The van der Waals surface area contributed by atoms with Crippen LogP contribution >= 0.6 is 0 Å². The lowest BCUT2D eigenvalue weighted by Gasteiger charge is -2.21. The molecule has 1 aliphatic carbocycles. The Hall–Kier alpha value is -2.48. The van der Waals surface area contributed by atoms with Crippen molar-refractivity contribution in [3.8, 4) is 6.07 Å². The molecule has 1 aromatic rings. The Bertz CT molecular complexity index is 605. The highest BCUT2D eigenvalue weighted by Gasteiger charge is 2.19. The largest absolute Gasteiger partial charge is 0.372 e. The normalized spacial score (nSPS) is 15.0. The van der Waals surface area contributed by atoms with Gasteiger partial charge in [-0.15, -0.1) is 0 Å². The van der Waals surface area contributed by atoms with Gasteiger partial charge in [-0.25, -0.2) is 0 Å². The average molecular weight is 326 g/mol. The lowest BCUT2D eigenvalue weighted by molar-refractivity contribution is -0.117. The molecule has 2 rings (SSSR count). The summed E-state index contributed by atoms with van der Waals surface area (Å²) in [4.78, 5) is 14.4. The number of benzene rings is 1. The van der Waals surface area contributed by atoms with Crippen LogP contribution in [0.4, 0.5) is 11.4 Å². The van der Waals surface area contributed by atoms with E-state index in [1.54, 1.807) is 0 Å². The van der Waals surface area contributed by atoms with E-state index in [2.05, 4.69) is 29.4 Å². The fourth-order valence-corrected chi connectivity index (χ4v) is 2.99. The Morgan fingerprint density at radius 1 is 1.25 bits per heavy atom. The first-order valence-corrected chi connectivity index (χ1v) is 8.70. The van der Waals surface area contributed by atoms with Crippen LogP contribution in [0.5, 0.6) is 0 Å². The van der Waals surface area contributed by atoms with Crippen LogP contribution < -0.4 is 15.5 Å². The molecule has 0 bridgehead atoms. The van der Waals surface area contributed by atoms with Crippen LogP contribution in [0.3, 0.4) is 0 Å². The predicted octanol–water partition coefficient (Wildman–Crippen LogP) is 3.41. The molecule has 1 saturated carbocycles. The first kappa shape index (κ1) is 17.9. The van der Waals surface area contributed by atoms with Crippen molar-refractivity contribution in [3.05, 3.63) is 36.0 Å². The Labute approximate surface area is 144 Å². The molecule has 0 heterocycles. The topological polar surface area (TPSA) is 68.2 Å². The van der Waals surface area contributed by atoms with Gasteiger partial charge < -0.3 is 15.5 Å². The number of carbonyl (C=O) groups is 1. The zero-order valence-corrected chi connectivity index (χ0v) is 14.5. The van der Waals surface area contributed by atoms with E-state index in [1.165, 1.54) is 6.20 Å². The van der Waals surface area contributed by atoms with Crippen molar-refractivity contribution in [1.29, 1.82) is 5.26 Å². The van der Waals surface area contributed by atoms with Crippen molar-refractivity contribution in [3.63, 3.8) is 0 Å². The molecule has 0 unspecified atom stereocenters. The standard InChI is InChI=1S/C19H26N4O/c1-3-23(4-2)18-11-9-16(10-12-18)21-14-15(13-20)19(24)22-17-7-5-6-8-17/h9-12,14,17,21H,3-8H2,1-2H3,(H,22,24)/b15-14-. The molecule has 0 spiro atoms. The smallest absolute Gasteiger partial charge is 0.263 e. The van der Waals surface area contributed by atoms with Crippen molar-refractivity contribution in [2.75, 3.05) is 23.3 Å². The summed E-state index contributed by atoms with van der Waals surface area (Å²) in [7, 11) is 0. The van der Waals surface area contributed by atoms with Crippen LogP contribution in [-0.2, 0) is 4.79 Å². The Balaban J connectivity index is 1.96. The van der Waals surface area contributed by atoms with Crippen molar-refractivity contribution in [1.82, 2.24) is 5.32 Å². The molecule has 0 aromatic heterocycles. The molecule has 0 radical (unpaired) electrons. The molecule has 2 N–H and O–H groups in total. The molecule has 1 aliphatic rings. The fourth-order valence-electron chi connectivity index (χ4n) is 2.99. The second kappa shape index (κ2) is 8.97.